The van der Waals surface area contributed by atoms with Crippen LogP contribution in [0.2, 0.25) is 5.02 Å². The molecule has 0 spiro atoms. The maximum Gasteiger partial charge on any atom is 0.260 e. The summed E-state index contributed by atoms with van der Waals surface area (Å²) in [5.41, 5.74) is 1.10. The van der Waals surface area contributed by atoms with Crippen molar-refractivity contribution in [2.24, 2.45) is 0 Å². The number of benzene rings is 2. The second kappa shape index (κ2) is 11.6. The second-order valence-corrected chi connectivity index (χ2v) is 12.9. The first-order valence-electron chi connectivity index (χ1n) is 12.3. The van der Waals surface area contributed by atoms with Gasteiger partial charge in [0.05, 0.1) is 14.6 Å². The van der Waals surface area contributed by atoms with Crippen LogP contribution in [0.15, 0.2) is 47.4 Å². The van der Waals surface area contributed by atoms with Crippen LogP contribution in [0.4, 0.5) is 5.13 Å². The molecule has 0 bridgehead atoms. The molecule has 1 saturated carbocycles. The molecule has 3 aromatic rings. The van der Waals surface area contributed by atoms with E-state index in [0.29, 0.717) is 27.8 Å². The van der Waals surface area contributed by atoms with Gasteiger partial charge in [0.2, 0.25) is 10.0 Å². The molecule has 0 atom stereocenters. The normalized spacial score (nSPS) is 15.2. The zero-order valence-electron chi connectivity index (χ0n) is 21.0. The van der Waals surface area contributed by atoms with Crippen LogP contribution in [0.25, 0.3) is 10.2 Å². The molecule has 1 heterocycles. The number of halogens is 1. The molecule has 36 heavy (non-hydrogen) atoms. The third-order valence-corrected chi connectivity index (χ3v) is 9.96. The van der Waals surface area contributed by atoms with Gasteiger partial charge in [-0.1, -0.05) is 48.3 Å². The minimum absolute atomic E-state index is 0.0307. The summed E-state index contributed by atoms with van der Waals surface area (Å²) in [7, 11) is 2.03. The van der Waals surface area contributed by atoms with E-state index >= 15 is 0 Å². The summed E-state index contributed by atoms with van der Waals surface area (Å²) in [6, 6.07) is 11.9. The molecule has 1 aromatic heterocycles. The Morgan fingerprint density at radius 1 is 1.03 bits per heavy atom. The Balaban J connectivity index is 1.59. The third kappa shape index (κ3) is 5.92. The number of para-hydroxylation sites is 1. The average molecular weight is 549 g/mol. The zero-order valence-corrected chi connectivity index (χ0v) is 23.4. The summed E-state index contributed by atoms with van der Waals surface area (Å²) in [6.07, 6.45) is 5.81. The molecule has 1 aliphatic rings. The molecular weight excluding hydrogens is 516 g/mol. The number of sulfonamides is 1. The minimum atomic E-state index is -3.62. The quantitative estimate of drug-likeness (QED) is 0.353. The van der Waals surface area contributed by atoms with Crippen molar-refractivity contribution in [3.63, 3.8) is 0 Å². The van der Waals surface area contributed by atoms with Crippen molar-refractivity contribution in [1.82, 2.24) is 14.2 Å². The number of amides is 1. The number of thiazole rings is 1. The first-order valence-corrected chi connectivity index (χ1v) is 14.9. The molecule has 0 unspecified atom stereocenters. The van der Waals surface area contributed by atoms with Crippen molar-refractivity contribution in [1.29, 1.82) is 0 Å². The molecule has 1 aliphatic carbocycles. The molecule has 7 nitrogen and oxygen atoms in total. The second-order valence-electron chi connectivity index (χ2n) is 9.53. The van der Waals surface area contributed by atoms with Gasteiger partial charge in [-0.3, -0.25) is 9.69 Å². The van der Waals surface area contributed by atoms with E-state index in [1.54, 1.807) is 30.1 Å². The highest BCUT2D eigenvalue weighted by molar-refractivity contribution is 7.89. The van der Waals surface area contributed by atoms with Crippen molar-refractivity contribution in [3.8, 4) is 0 Å². The van der Waals surface area contributed by atoms with Crippen LogP contribution < -0.4 is 4.90 Å². The van der Waals surface area contributed by atoms with Crippen molar-refractivity contribution in [2.75, 3.05) is 39.1 Å². The number of carbonyl (C=O) groups excluding carboxylic acids is 1. The standard InChI is InChI=1S/C26H33ClN4O3S2/c1-29(2)17-8-18-31(26-28-24-22(27)11-7-12-23(24)35-26)25(32)19-13-15-21(16-14-19)36(33,34)30(3)20-9-5-4-6-10-20/h7,11-16,20H,4-6,8-10,17-18H2,1-3H3. The van der Waals surface area contributed by atoms with Gasteiger partial charge in [-0.15, -0.1) is 0 Å². The van der Waals surface area contributed by atoms with Crippen LogP contribution in [-0.2, 0) is 10.0 Å². The van der Waals surface area contributed by atoms with Crippen molar-refractivity contribution in [3.05, 3.63) is 53.1 Å². The molecule has 0 N–H and O–H groups in total. The summed E-state index contributed by atoms with van der Waals surface area (Å²) in [5, 5.41) is 1.13. The fourth-order valence-electron chi connectivity index (χ4n) is 4.58. The monoisotopic (exact) mass is 548 g/mol. The predicted molar refractivity (Wildman–Crippen MR) is 148 cm³/mol. The SMILES string of the molecule is CN(C)CCCN(C(=O)c1ccc(S(=O)(=O)N(C)C2CCCCC2)cc1)c1nc2c(Cl)cccc2s1. The lowest BCUT2D eigenvalue weighted by Crippen LogP contribution is -2.38. The first-order chi connectivity index (χ1) is 17.2. The molecule has 2 aromatic carbocycles. The van der Waals surface area contributed by atoms with E-state index in [-0.39, 0.29) is 16.8 Å². The lowest BCUT2D eigenvalue weighted by atomic mass is 9.96. The molecule has 10 heteroatoms. The van der Waals surface area contributed by atoms with E-state index in [9.17, 15) is 13.2 Å². The van der Waals surface area contributed by atoms with E-state index in [0.717, 1.165) is 49.8 Å². The number of aromatic nitrogens is 1. The summed E-state index contributed by atoms with van der Waals surface area (Å²) in [4.78, 5) is 22.2. The highest BCUT2D eigenvalue weighted by atomic mass is 35.5. The van der Waals surface area contributed by atoms with E-state index in [4.69, 9.17) is 11.6 Å². The Morgan fingerprint density at radius 3 is 2.36 bits per heavy atom. The first kappa shape index (κ1) is 27.0. The van der Waals surface area contributed by atoms with Gasteiger partial charge >= 0.3 is 0 Å². The van der Waals surface area contributed by atoms with E-state index in [1.165, 1.54) is 27.8 Å². The van der Waals surface area contributed by atoms with Crippen molar-refractivity contribution >= 4 is 54.2 Å². The van der Waals surface area contributed by atoms with Crippen LogP contribution in [0.3, 0.4) is 0 Å². The number of fused-ring (bicyclic) bond motifs is 1. The number of anilines is 1. The fraction of sp³-hybridized carbons (Fsp3) is 0.462. The Hall–Kier alpha value is -2.04. The van der Waals surface area contributed by atoms with Gasteiger partial charge in [-0.05, 0) is 76.3 Å². The van der Waals surface area contributed by atoms with Crippen molar-refractivity contribution < 1.29 is 13.2 Å². The number of hydrogen-bond acceptors (Lipinski definition) is 6. The molecule has 0 aliphatic heterocycles. The molecule has 0 saturated heterocycles. The number of nitrogens with zero attached hydrogens (tertiary/aromatic N) is 4. The molecule has 1 amide bonds. The number of rotatable bonds is 9. The lowest BCUT2D eigenvalue weighted by molar-refractivity contribution is 0.0986. The molecule has 194 valence electrons. The summed E-state index contributed by atoms with van der Waals surface area (Å²) >= 11 is 7.75. The summed E-state index contributed by atoms with van der Waals surface area (Å²) in [6.45, 7) is 1.30. The van der Waals surface area contributed by atoms with Gasteiger partial charge in [0, 0.05) is 25.2 Å². The van der Waals surface area contributed by atoms with Crippen LogP contribution in [0.1, 0.15) is 48.9 Å². The van der Waals surface area contributed by atoms with Gasteiger partial charge in [0.1, 0.15) is 5.52 Å². The van der Waals surface area contributed by atoms with Crippen LogP contribution in [-0.4, -0.2) is 68.8 Å². The van der Waals surface area contributed by atoms with Gasteiger partial charge in [-0.25, -0.2) is 13.4 Å². The summed E-state index contributed by atoms with van der Waals surface area (Å²) < 4.78 is 28.8. The Labute approximate surface area is 222 Å². The van der Waals surface area contributed by atoms with Gasteiger partial charge in [-0.2, -0.15) is 4.31 Å². The van der Waals surface area contributed by atoms with E-state index in [2.05, 4.69) is 9.88 Å². The van der Waals surface area contributed by atoms with Gasteiger partial charge in [0.25, 0.3) is 5.91 Å². The smallest absolute Gasteiger partial charge is 0.260 e. The minimum Gasteiger partial charge on any atom is -0.309 e. The molecule has 1 fully saturated rings. The number of hydrogen-bond donors (Lipinski definition) is 0. The van der Waals surface area contributed by atoms with Gasteiger partial charge < -0.3 is 4.90 Å². The zero-order chi connectivity index (χ0) is 25.9. The molecule has 4 rings (SSSR count). The lowest BCUT2D eigenvalue weighted by Gasteiger charge is -2.30. The van der Waals surface area contributed by atoms with Crippen LogP contribution in [0.5, 0.6) is 0 Å². The maximum atomic E-state index is 13.6. The Morgan fingerprint density at radius 2 is 1.72 bits per heavy atom. The van der Waals surface area contributed by atoms with E-state index in [1.807, 2.05) is 26.2 Å². The largest absolute Gasteiger partial charge is 0.309 e. The maximum absolute atomic E-state index is 13.6. The highest BCUT2D eigenvalue weighted by Gasteiger charge is 2.29. The average Bonchev–Trinajstić information content (AvgIpc) is 3.31. The Bertz CT molecular complexity index is 1300. The third-order valence-electron chi connectivity index (χ3n) is 6.69. The topological polar surface area (TPSA) is 73.8 Å². The van der Waals surface area contributed by atoms with Crippen LogP contribution >= 0.6 is 22.9 Å². The van der Waals surface area contributed by atoms with E-state index < -0.39 is 10.0 Å². The van der Waals surface area contributed by atoms with Crippen LogP contribution in [0, 0.1) is 0 Å². The van der Waals surface area contributed by atoms with Crippen molar-refractivity contribution in [2.45, 2.75) is 49.5 Å². The molecular formula is C26H33ClN4O3S2. The highest BCUT2D eigenvalue weighted by Crippen LogP contribution is 2.34. The molecule has 0 radical (unpaired) electrons. The summed E-state index contributed by atoms with van der Waals surface area (Å²) in [5.74, 6) is -0.214. The Kier molecular flexibility index (Phi) is 8.67. The van der Waals surface area contributed by atoms with Gasteiger partial charge in [0.15, 0.2) is 5.13 Å². The number of carbonyl (C=O) groups is 1. The fourth-order valence-corrected chi connectivity index (χ4v) is 7.29. The predicted octanol–water partition coefficient (Wildman–Crippen LogP) is 5.50.